The molecule has 0 amide bonds. The van der Waals surface area contributed by atoms with E-state index in [9.17, 15) is 0 Å². The fraction of sp³-hybridized carbons (Fsp3) is 0.647. The van der Waals surface area contributed by atoms with Crippen LogP contribution in [0, 0.1) is 0 Å². The van der Waals surface area contributed by atoms with Crippen molar-refractivity contribution in [1.29, 1.82) is 0 Å². The normalized spacial score (nSPS) is 18.9. The third kappa shape index (κ3) is 4.24. The summed E-state index contributed by atoms with van der Waals surface area (Å²) in [5.74, 6) is 0. The van der Waals surface area contributed by atoms with Crippen LogP contribution in [0.5, 0.6) is 0 Å². The van der Waals surface area contributed by atoms with Crippen molar-refractivity contribution >= 4 is 5.69 Å². The zero-order chi connectivity index (χ0) is 13.7. The quantitative estimate of drug-likeness (QED) is 0.836. The fourth-order valence-corrected chi connectivity index (χ4v) is 3.09. The van der Waals surface area contributed by atoms with Gasteiger partial charge in [0.2, 0.25) is 0 Å². The summed E-state index contributed by atoms with van der Waals surface area (Å²) in [5, 5.41) is 0. The van der Waals surface area contributed by atoms with E-state index in [0.29, 0.717) is 0 Å². The molecule has 106 valence electrons. The molecular weight excluding hydrogens is 232 g/mol. The Bertz CT molecular complexity index is 361. The lowest BCUT2D eigenvalue weighted by atomic mass is 10.0. The average molecular weight is 260 g/mol. The lowest BCUT2D eigenvalue weighted by Crippen LogP contribution is -2.31. The second kappa shape index (κ2) is 6.95. The first-order chi connectivity index (χ1) is 9.16. The van der Waals surface area contributed by atoms with E-state index in [0.717, 1.165) is 12.5 Å². The van der Waals surface area contributed by atoms with E-state index in [2.05, 4.69) is 43.1 Å². The lowest BCUT2D eigenvalue weighted by Gasteiger charge is -2.29. The minimum Gasteiger partial charge on any atom is -0.372 e. The molecule has 1 aromatic rings. The summed E-state index contributed by atoms with van der Waals surface area (Å²) in [6.45, 7) is 2.06. The van der Waals surface area contributed by atoms with Crippen LogP contribution < -0.4 is 10.6 Å². The average Bonchev–Trinajstić information content (AvgIpc) is 2.67. The maximum Gasteiger partial charge on any atom is 0.0366 e. The van der Waals surface area contributed by atoms with Gasteiger partial charge in [0.15, 0.2) is 0 Å². The van der Waals surface area contributed by atoms with Gasteiger partial charge in [-0.3, -0.25) is 0 Å². The molecule has 2 rings (SSSR count). The molecule has 0 spiro atoms. The smallest absolute Gasteiger partial charge is 0.0366 e. The van der Waals surface area contributed by atoms with Crippen molar-refractivity contribution in [2.45, 2.75) is 64.0 Å². The molecule has 1 saturated carbocycles. The SMILES string of the molecule is CC(N)Cc1ccc(N(C)C2CCCCCC2)cc1. The van der Waals surface area contributed by atoms with Gasteiger partial charge in [-0.05, 0) is 43.9 Å². The molecule has 0 heterocycles. The van der Waals surface area contributed by atoms with Gasteiger partial charge in [0.1, 0.15) is 0 Å². The van der Waals surface area contributed by atoms with Crippen molar-refractivity contribution in [2.24, 2.45) is 5.73 Å². The summed E-state index contributed by atoms with van der Waals surface area (Å²) in [6, 6.07) is 9.93. The standard InChI is InChI=1S/C17H28N2/c1-14(18)13-15-9-11-17(12-10-15)19(2)16-7-5-3-4-6-8-16/h9-12,14,16H,3-8,13,18H2,1-2H3. The number of hydrogen-bond donors (Lipinski definition) is 1. The topological polar surface area (TPSA) is 29.3 Å². The summed E-state index contributed by atoms with van der Waals surface area (Å²) in [5.41, 5.74) is 8.53. The van der Waals surface area contributed by atoms with Gasteiger partial charge in [0.25, 0.3) is 0 Å². The Morgan fingerprint density at radius 3 is 2.21 bits per heavy atom. The van der Waals surface area contributed by atoms with E-state index in [1.165, 1.54) is 49.8 Å². The molecule has 1 fully saturated rings. The van der Waals surface area contributed by atoms with E-state index in [-0.39, 0.29) is 6.04 Å². The minimum atomic E-state index is 0.241. The van der Waals surface area contributed by atoms with E-state index in [1.54, 1.807) is 0 Å². The van der Waals surface area contributed by atoms with Crippen molar-refractivity contribution in [2.75, 3.05) is 11.9 Å². The number of nitrogens with zero attached hydrogens (tertiary/aromatic N) is 1. The highest BCUT2D eigenvalue weighted by Gasteiger charge is 2.17. The molecule has 1 unspecified atom stereocenters. The van der Waals surface area contributed by atoms with E-state index < -0.39 is 0 Å². The number of hydrogen-bond acceptors (Lipinski definition) is 2. The largest absolute Gasteiger partial charge is 0.372 e. The number of benzene rings is 1. The summed E-state index contributed by atoms with van der Waals surface area (Å²) in [6.07, 6.45) is 9.26. The number of anilines is 1. The molecule has 1 aromatic carbocycles. The molecule has 0 saturated heterocycles. The van der Waals surface area contributed by atoms with Gasteiger partial charge in [0, 0.05) is 24.8 Å². The van der Waals surface area contributed by atoms with Crippen molar-refractivity contribution in [1.82, 2.24) is 0 Å². The molecule has 0 bridgehead atoms. The molecule has 0 aliphatic heterocycles. The Morgan fingerprint density at radius 2 is 1.68 bits per heavy atom. The highest BCUT2D eigenvalue weighted by Crippen LogP contribution is 2.25. The van der Waals surface area contributed by atoms with Gasteiger partial charge in [0.05, 0.1) is 0 Å². The predicted molar refractivity (Wildman–Crippen MR) is 83.7 cm³/mol. The van der Waals surface area contributed by atoms with Crippen LogP contribution >= 0.6 is 0 Å². The molecule has 1 aliphatic carbocycles. The van der Waals surface area contributed by atoms with Crippen molar-refractivity contribution in [3.8, 4) is 0 Å². The number of rotatable bonds is 4. The maximum atomic E-state index is 5.85. The third-order valence-corrected chi connectivity index (χ3v) is 4.27. The van der Waals surface area contributed by atoms with E-state index >= 15 is 0 Å². The van der Waals surface area contributed by atoms with Crippen LogP contribution in [0.25, 0.3) is 0 Å². The predicted octanol–water partition coefficient (Wildman–Crippen LogP) is 3.74. The summed E-state index contributed by atoms with van der Waals surface area (Å²) in [4.78, 5) is 2.47. The second-order valence-corrected chi connectivity index (χ2v) is 6.10. The fourth-order valence-electron chi connectivity index (χ4n) is 3.09. The molecule has 19 heavy (non-hydrogen) atoms. The van der Waals surface area contributed by atoms with Crippen LogP contribution in [-0.2, 0) is 6.42 Å². The Hall–Kier alpha value is -1.02. The van der Waals surface area contributed by atoms with Gasteiger partial charge in [-0.25, -0.2) is 0 Å². The molecule has 1 aliphatic rings. The second-order valence-electron chi connectivity index (χ2n) is 6.10. The van der Waals surface area contributed by atoms with Gasteiger partial charge in [-0.2, -0.15) is 0 Å². The Balaban J connectivity index is 1.99. The zero-order valence-corrected chi connectivity index (χ0v) is 12.4. The third-order valence-electron chi connectivity index (χ3n) is 4.27. The van der Waals surface area contributed by atoms with Crippen molar-refractivity contribution in [3.05, 3.63) is 29.8 Å². The first-order valence-corrected chi connectivity index (χ1v) is 7.74. The molecule has 2 heteroatoms. The van der Waals surface area contributed by atoms with Crippen molar-refractivity contribution in [3.63, 3.8) is 0 Å². The zero-order valence-electron chi connectivity index (χ0n) is 12.4. The van der Waals surface area contributed by atoms with Crippen LogP contribution in [-0.4, -0.2) is 19.1 Å². The van der Waals surface area contributed by atoms with Crippen LogP contribution in [0.4, 0.5) is 5.69 Å². The van der Waals surface area contributed by atoms with E-state index in [4.69, 9.17) is 5.73 Å². The van der Waals surface area contributed by atoms with Crippen LogP contribution in [0.2, 0.25) is 0 Å². The van der Waals surface area contributed by atoms with Crippen LogP contribution in [0.1, 0.15) is 51.0 Å². The Morgan fingerprint density at radius 1 is 1.11 bits per heavy atom. The highest BCUT2D eigenvalue weighted by molar-refractivity contribution is 5.48. The molecule has 2 nitrogen and oxygen atoms in total. The van der Waals surface area contributed by atoms with E-state index in [1.807, 2.05) is 0 Å². The van der Waals surface area contributed by atoms with Gasteiger partial charge >= 0.3 is 0 Å². The molecular formula is C17H28N2. The van der Waals surface area contributed by atoms with Crippen molar-refractivity contribution < 1.29 is 0 Å². The monoisotopic (exact) mass is 260 g/mol. The Labute approximate surface area is 118 Å². The van der Waals surface area contributed by atoms with Crippen LogP contribution in [0.15, 0.2) is 24.3 Å². The summed E-state index contributed by atoms with van der Waals surface area (Å²) in [7, 11) is 2.25. The highest BCUT2D eigenvalue weighted by atomic mass is 15.1. The molecule has 1 atom stereocenters. The summed E-state index contributed by atoms with van der Waals surface area (Å²) < 4.78 is 0. The Kier molecular flexibility index (Phi) is 5.26. The van der Waals surface area contributed by atoms with Gasteiger partial charge in [-0.15, -0.1) is 0 Å². The first kappa shape index (κ1) is 14.4. The molecule has 0 aromatic heterocycles. The molecule has 2 N–H and O–H groups in total. The van der Waals surface area contributed by atoms with Gasteiger partial charge in [-0.1, -0.05) is 37.8 Å². The number of nitrogens with two attached hydrogens (primary N) is 1. The first-order valence-electron chi connectivity index (χ1n) is 7.74. The molecule has 0 radical (unpaired) electrons. The van der Waals surface area contributed by atoms with Gasteiger partial charge < -0.3 is 10.6 Å². The lowest BCUT2D eigenvalue weighted by molar-refractivity contribution is 0.553. The van der Waals surface area contributed by atoms with Crippen LogP contribution in [0.3, 0.4) is 0 Å². The minimum absolute atomic E-state index is 0.241. The summed E-state index contributed by atoms with van der Waals surface area (Å²) >= 11 is 0. The maximum absolute atomic E-state index is 5.85.